The number of nitrogens with one attached hydrogen (secondary N) is 1. The minimum atomic E-state index is 0.822. The number of aryl methyl sites for hydroxylation is 3. The van der Waals surface area contributed by atoms with Crippen molar-refractivity contribution in [3.8, 4) is 0 Å². The molecule has 0 bridgehead atoms. The van der Waals surface area contributed by atoms with E-state index in [1.165, 1.54) is 22.3 Å². The molecule has 0 saturated heterocycles. The Balaban J connectivity index is 2.08. The third-order valence-corrected chi connectivity index (χ3v) is 3.14. The molecule has 2 rings (SSSR count). The number of nitrogens with zero attached hydrogens (tertiary/aromatic N) is 1. The van der Waals surface area contributed by atoms with Crippen LogP contribution in [0, 0.1) is 20.8 Å². The highest BCUT2D eigenvalue weighted by Crippen LogP contribution is 2.15. The summed E-state index contributed by atoms with van der Waals surface area (Å²) in [6, 6.07) is 8.49. The molecule has 0 aliphatic rings. The number of benzene rings is 1. The third-order valence-electron chi connectivity index (χ3n) is 3.14. The third kappa shape index (κ3) is 2.84. The zero-order chi connectivity index (χ0) is 12.3. The molecule has 1 aromatic heterocycles. The van der Waals surface area contributed by atoms with Gasteiger partial charge in [-0.05, 0) is 61.2 Å². The van der Waals surface area contributed by atoms with Gasteiger partial charge in [0.05, 0.1) is 0 Å². The van der Waals surface area contributed by atoms with Crippen LogP contribution < -0.4 is 5.32 Å². The molecule has 17 heavy (non-hydrogen) atoms. The molecule has 0 saturated carbocycles. The van der Waals surface area contributed by atoms with Crippen LogP contribution in [0.2, 0.25) is 0 Å². The molecule has 0 amide bonds. The van der Waals surface area contributed by atoms with Crippen LogP contribution in [0.15, 0.2) is 36.7 Å². The van der Waals surface area contributed by atoms with Gasteiger partial charge >= 0.3 is 0 Å². The molecule has 2 aromatic rings. The molecule has 0 fully saturated rings. The largest absolute Gasteiger partial charge is 0.381 e. The van der Waals surface area contributed by atoms with E-state index >= 15 is 0 Å². The van der Waals surface area contributed by atoms with Crippen molar-refractivity contribution >= 4 is 5.69 Å². The van der Waals surface area contributed by atoms with Gasteiger partial charge in [-0.2, -0.15) is 0 Å². The first kappa shape index (κ1) is 11.6. The number of aromatic nitrogens is 1. The van der Waals surface area contributed by atoms with Crippen molar-refractivity contribution in [2.24, 2.45) is 0 Å². The van der Waals surface area contributed by atoms with Gasteiger partial charge in [0.25, 0.3) is 0 Å². The molecule has 2 nitrogen and oxygen atoms in total. The zero-order valence-corrected chi connectivity index (χ0v) is 10.6. The van der Waals surface area contributed by atoms with Gasteiger partial charge in [-0.3, -0.25) is 4.98 Å². The van der Waals surface area contributed by atoms with Crippen molar-refractivity contribution in [3.05, 3.63) is 58.9 Å². The van der Waals surface area contributed by atoms with Gasteiger partial charge in [-0.1, -0.05) is 6.07 Å². The standard InChI is InChI=1S/C15H18N2/c1-11-4-5-15(8-13(11)3)17-10-14-9-16-7-6-12(14)2/h4-9,17H,10H2,1-3H3. The lowest BCUT2D eigenvalue weighted by Crippen LogP contribution is -2.02. The summed E-state index contributed by atoms with van der Waals surface area (Å²) >= 11 is 0. The van der Waals surface area contributed by atoms with Crippen molar-refractivity contribution in [3.63, 3.8) is 0 Å². The monoisotopic (exact) mass is 226 g/mol. The normalized spacial score (nSPS) is 10.3. The van der Waals surface area contributed by atoms with E-state index in [9.17, 15) is 0 Å². The number of hydrogen-bond acceptors (Lipinski definition) is 2. The molecule has 0 aliphatic heterocycles. The summed E-state index contributed by atoms with van der Waals surface area (Å²) in [5, 5.41) is 3.43. The molecule has 2 heteroatoms. The van der Waals surface area contributed by atoms with Crippen LogP contribution >= 0.6 is 0 Å². The Bertz CT molecular complexity index is 518. The van der Waals surface area contributed by atoms with Crippen LogP contribution in [0.4, 0.5) is 5.69 Å². The Kier molecular flexibility index (Phi) is 3.43. The molecular formula is C15H18N2. The van der Waals surface area contributed by atoms with Gasteiger partial charge in [0.1, 0.15) is 0 Å². The summed E-state index contributed by atoms with van der Waals surface area (Å²) < 4.78 is 0. The first-order valence-corrected chi connectivity index (χ1v) is 5.87. The Morgan fingerprint density at radius 3 is 2.53 bits per heavy atom. The van der Waals surface area contributed by atoms with Crippen molar-refractivity contribution in [1.82, 2.24) is 4.98 Å². The second-order valence-electron chi connectivity index (χ2n) is 4.45. The average molecular weight is 226 g/mol. The summed E-state index contributed by atoms with van der Waals surface area (Å²) in [7, 11) is 0. The van der Waals surface area contributed by atoms with E-state index in [1.807, 2.05) is 18.5 Å². The smallest absolute Gasteiger partial charge is 0.0418 e. The maximum Gasteiger partial charge on any atom is 0.0418 e. The Hall–Kier alpha value is -1.83. The Morgan fingerprint density at radius 2 is 1.82 bits per heavy atom. The molecule has 1 heterocycles. The average Bonchev–Trinajstić information content (AvgIpc) is 2.32. The molecule has 1 aromatic carbocycles. The predicted octanol–water partition coefficient (Wildman–Crippen LogP) is 3.62. The topological polar surface area (TPSA) is 24.9 Å². The fourth-order valence-corrected chi connectivity index (χ4v) is 1.73. The highest BCUT2D eigenvalue weighted by Gasteiger charge is 1.99. The summed E-state index contributed by atoms with van der Waals surface area (Å²) in [4.78, 5) is 4.15. The van der Waals surface area contributed by atoms with Crippen LogP contribution in [-0.2, 0) is 6.54 Å². The van der Waals surface area contributed by atoms with E-state index < -0.39 is 0 Å². The highest BCUT2D eigenvalue weighted by molar-refractivity contribution is 5.48. The minimum Gasteiger partial charge on any atom is -0.381 e. The van der Waals surface area contributed by atoms with E-state index in [0.29, 0.717) is 0 Å². The number of rotatable bonds is 3. The van der Waals surface area contributed by atoms with Gasteiger partial charge in [-0.25, -0.2) is 0 Å². The Labute approximate surface area is 103 Å². The molecule has 1 N–H and O–H groups in total. The maximum absolute atomic E-state index is 4.15. The van der Waals surface area contributed by atoms with Gasteiger partial charge in [0, 0.05) is 24.6 Å². The molecule has 0 aliphatic carbocycles. The van der Waals surface area contributed by atoms with Gasteiger partial charge in [0.15, 0.2) is 0 Å². The van der Waals surface area contributed by atoms with Crippen LogP contribution in [0.1, 0.15) is 22.3 Å². The highest BCUT2D eigenvalue weighted by atomic mass is 14.9. The lowest BCUT2D eigenvalue weighted by molar-refractivity contribution is 1.08. The quantitative estimate of drug-likeness (QED) is 0.864. The first-order valence-electron chi connectivity index (χ1n) is 5.87. The van der Waals surface area contributed by atoms with E-state index in [0.717, 1.165) is 12.2 Å². The van der Waals surface area contributed by atoms with Crippen molar-refractivity contribution in [1.29, 1.82) is 0 Å². The van der Waals surface area contributed by atoms with Crippen LogP contribution in [-0.4, -0.2) is 4.98 Å². The molecule has 0 atom stereocenters. The summed E-state index contributed by atoms with van der Waals surface area (Å²) in [6.07, 6.45) is 3.75. The minimum absolute atomic E-state index is 0.822. The van der Waals surface area contributed by atoms with Gasteiger partial charge in [-0.15, -0.1) is 0 Å². The molecule has 88 valence electrons. The summed E-state index contributed by atoms with van der Waals surface area (Å²) in [5.41, 5.74) is 6.32. The lowest BCUT2D eigenvalue weighted by atomic mass is 10.1. The summed E-state index contributed by atoms with van der Waals surface area (Å²) in [5.74, 6) is 0. The number of anilines is 1. The lowest BCUT2D eigenvalue weighted by Gasteiger charge is -2.10. The van der Waals surface area contributed by atoms with Crippen molar-refractivity contribution < 1.29 is 0 Å². The SMILES string of the molecule is Cc1ccc(NCc2cnccc2C)cc1C. The van der Waals surface area contributed by atoms with E-state index in [4.69, 9.17) is 0 Å². The Morgan fingerprint density at radius 1 is 1.00 bits per heavy atom. The van der Waals surface area contributed by atoms with Crippen molar-refractivity contribution in [2.45, 2.75) is 27.3 Å². The number of hydrogen-bond donors (Lipinski definition) is 1. The second kappa shape index (κ2) is 5.00. The van der Waals surface area contributed by atoms with Crippen LogP contribution in [0.25, 0.3) is 0 Å². The van der Waals surface area contributed by atoms with Gasteiger partial charge in [0.2, 0.25) is 0 Å². The van der Waals surface area contributed by atoms with Crippen LogP contribution in [0.5, 0.6) is 0 Å². The summed E-state index contributed by atoms with van der Waals surface area (Å²) in [6.45, 7) is 7.20. The fourth-order valence-electron chi connectivity index (χ4n) is 1.73. The first-order chi connectivity index (χ1) is 8.16. The second-order valence-corrected chi connectivity index (χ2v) is 4.45. The molecule has 0 spiro atoms. The van der Waals surface area contributed by atoms with Crippen LogP contribution in [0.3, 0.4) is 0 Å². The molecule has 0 radical (unpaired) electrons. The van der Waals surface area contributed by atoms with E-state index in [-0.39, 0.29) is 0 Å². The maximum atomic E-state index is 4.15. The van der Waals surface area contributed by atoms with Gasteiger partial charge < -0.3 is 5.32 Å². The predicted molar refractivity (Wildman–Crippen MR) is 72.2 cm³/mol. The fraction of sp³-hybridized carbons (Fsp3) is 0.267. The van der Waals surface area contributed by atoms with E-state index in [2.05, 4.69) is 49.3 Å². The van der Waals surface area contributed by atoms with E-state index in [1.54, 1.807) is 0 Å². The number of pyridine rings is 1. The molecule has 0 unspecified atom stereocenters. The van der Waals surface area contributed by atoms with Crippen molar-refractivity contribution in [2.75, 3.05) is 5.32 Å². The zero-order valence-electron chi connectivity index (χ0n) is 10.6. The molecular weight excluding hydrogens is 208 g/mol.